The zero-order valence-corrected chi connectivity index (χ0v) is 18.6. The maximum atomic E-state index is 13.7. The zero-order valence-electron chi connectivity index (χ0n) is 18.6. The number of nitrogens with zero attached hydrogens (tertiary/aromatic N) is 1. The number of phenolic OH excluding ortho intramolecular Hbond substituents is 1. The first-order chi connectivity index (χ1) is 15.0. The third-order valence-electron chi connectivity index (χ3n) is 6.93. The Morgan fingerprint density at radius 1 is 1.03 bits per heavy atom. The minimum absolute atomic E-state index is 0.160. The van der Waals surface area contributed by atoms with E-state index in [2.05, 4.69) is 10.6 Å². The molecule has 0 bridgehead atoms. The van der Waals surface area contributed by atoms with Crippen molar-refractivity contribution in [1.29, 1.82) is 0 Å². The molecule has 166 valence electrons. The number of likely N-dealkylation sites (tertiary alicyclic amines) is 1. The van der Waals surface area contributed by atoms with Gasteiger partial charge in [0, 0.05) is 22.8 Å². The van der Waals surface area contributed by atoms with E-state index < -0.39 is 29.0 Å². The van der Waals surface area contributed by atoms with Gasteiger partial charge < -0.3 is 10.4 Å². The number of nitrogens with one attached hydrogen (secondary N) is 2. The molecule has 2 aromatic rings. The van der Waals surface area contributed by atoms with Crippen molar-refractivity contribution in [2.75, 3.05) is 5.32 Å². The molecule has 2 aromatic carbocycles. The van der Waals surface area contributed by atoms with Crippen LogP contribution in [0.25, 0.3) is 0 Å². The van der Waals surface area contributed by atoms with Gasteiger partial charge >= 0.3 is 0 Å². The highest BCUT2D eigenvalue weighted by atomic mass is 16.3. The van der Waals surface area contributed by atoms with Gasteiger partial charge in [0.1, 0.15) is 11.3 Å². The summed E-state index contributed by atoms with van der Waals surface area (Å²) in [4.78, 5) is 42.2. The number of anilines is 1. The van der Waals surface area contributed by atoms with Crippen LogP contribution in [0.15, 0.2) is 42.5 Å². The second-order valence-electron chi connectivity index (χ2n) is 10.1. The van der Waals surface area contributed by atoms with Crippen LogP contribution >= 0.6 is 0 Å². The fourth-order valence-electron chi connectivity index (χ4n) is 5.64. The number of aromatic hydroxyl groups is 1. The van der Waals surface area contributed by atoms with E-state index in [1.165, 1.54) is 4.90 Å². The van der Waals surface area contributed by atoms with Crippen LogP contribution in [-0.2, 0) is 26.3 Å². The lowest BCUT2D eigenvalue weighted by Crippen LogP contribution is -2.56. The Morgan fingerprint density at radius 2 is 1.72 bits per heavy atom. The molecule has 4 atom stereocenters. The molecule has 3 heterocycles. The Kier molecular flexibility index (Phi) is 4.30. The lowest BCUT2D eigenvalue weighted by molar-refractivity contribution is -0.147. The number of amides is 3. The van der Waals surface area contributed by atoms with Crippen LogP contribution in [0.5, 0.6) is 5.75 Å². The Bertz CT molecular complexity index is 1150. The first-order valence-electron chi connectivity index (χ1n) is 10.9. The number of hydrogen-bond acceptors (Lipinski definition) is 5. The van der Waals surface area contributed by atoms with E-state index in [4.69, 9.17) is 0 Å². The summed E-state index contributed by atoms with van der Waals surface area (Å²) in [7, 11) is 0. The normalized spacial score (nSPS) is 28.9. The van der Waals surface area contributed by atoms with E-state index in [1.54, 1.807) is 24.3 Å². The summed E-state index contributed by atoms with van der Waals surface area (Å²) in [6.07, 6.45) is 0.453. The van der Waals surface area contributed by atoms with Crippen LogP contribution in [0, 0.1) is 18.8 Å². The average Bonchev–Trinajstić information content (AvgIpc) is 3.28. The number of rotatable bonds is 2. The van der Waals surface area contributed by atoms with Gasteiger partial charge in [-0.05, 0) is 57.9 Å². The van der Waals surface area contributed by atoms with Crippen LogP contribution in [-0.4, -0.2) is 39.3 Å². The summed E-state index contributed by atoms with van der Waals surface area (Å²) in [5.74, 6) is -2.16. The SMILES string of the molecule is Cc1ccc2c(c1)C1(NC(Cc3ccc(O)cc3)C3C(=O)N(C(C)(C)C)C(=O)C31)C(=O)N2. The summed E-state index contributed by atoms with van der Waals surface area (Å²) in [6, 6.07) is 12.1. The monoisotopic (exact) mass is 433 g/mol. The third-order valence-corrected chi connectivity index (χ3v) is 6.93. The number of fused-ring (bicyclic) bond motifs is 4. The molecule has 7 heteroatoms. The summed E-state index contributed by atoms with van der Waals surface area (Å²) in [5.41, 5.74) is 1.31. The van der Waals surface area contributed by atoms with E-state index >= 15 is 0 Å². The molecule has 3 amide bonds. The van der Waals surface area contributed by atoms with Crippen LogP contribution in [0.4, 0.5) is 5.69 Å². The number of carbonyl (C=O) groups excluding carboxylic acids is 3. The van der Waals surface area contributed by atoms with Gasteiger partial charge in [-0.15, -0.1) is 0 Å². The minimum Gasteiger partial charge on any atom is -0.508 e. The van der Waals surface area contributed by atoms with E-state index in [0.29, 0.717) is 12.1 Å². The average molecular weight is 434 g/mol. The summed E-state index contributed by atoms with van der Waals surface area (Å²) in [6.45, 7) is 7.46. The predicted octanol–water partition coefficient (Wildman–Crippen LogP) is 2.46. The van der Waals surface area contributed by atoms with E-state index in [9.17, 15) is 19.5 Å². The molecule has 0 radical (unpaired) electrons. The van der Waals surface area contributed by atoms with Gasteiger partial charge in [-0.25, -0.2) is 0 Å². The topological polar surface area (TPSA) is 98.7 Å². The molecule has 2 fully saturated rings. The molecule has 3 aliphatic heterocycles. The molecule has 32 heavy (non-hydrogen) atoms. The van der Waals surface area contributed by atoms with Gasteiger partial charge in [0.15, 0.2) is 0 Å². The molecular weight excluding hydrogens is 406 g/mol. The number of benzene rings is 2. The lowest BCUT2D eigenvalue weighted by atomic mass is 9.76. The highest BCUT2D eigenvalue weighted by molar-refractivity contribution is 6.15. The Balaban J connectivity index is 1.66. The largest absolute Gasteiger partial charge is 0.508 e. The van der Waals surface area contributed by atoms with E-state index in [-0.39, 0.29) is 23.5 Å². The standard InChI is InChI=1S/C25H27N3O4/c1-13-5-10-17-16(11-13)25(23(32)26-17)20-19(21(30)28(22(20)31)24(2,3)4)18(27-25)12-14-6-8-15(29)9-7-14/h5-11,18-20,27,29H,12H2,1-4H3,(H,26,32). The Hall–Kier alpha value is -3.19. The lowest BCUT2D eigenvalue weighted by Gasteiger charge is -2.34. The third kappa shape index (κ3) is 2.73. The second kappa shape index (κ2) is 6.65. The van der Waals surface area contributed by atoms with Gasteiger partial charge in [0.25, 0.3) is 0 Å². The van der Waals surface area contributed by atoms with Crippen LogP contribution < -0.4 is 10.6 Å². The number of phenols is 1. The van der Waals surface area contributed by atoms with Gasteiger partial charge in [-0.1, -0.05) is 29.8 Å². The molecule has 3 aliphatic rings. The molecule has 7 nitrogen and oxygen atoms in total. The maximum Gasteiger partial charge on any atom is 0.250 e. The number of aryl methyl sites for hydroxylation is 1. The van der Waals surface area contributed by atoms with Crippen LogP contribution in [0.1, 0.15) is 37.5 Å². The first kappa shape index (κ1) is 20.7. The van der Waals surface area contributed by atoms with Crippen molar-refractivity contribution in [1.82, 2.24) is 10.2 Å². The van der Waals surface area contributed by atoms with Crippen molar-refractivity contribution in [2.45, 2.75) is 51.2 Å². The number of hydrogen-bond donors (Lipinski definition) is 3. The van der Waals surface area contributed by atoms with Gasteiger partial charge in [-0.3, -0.25) is 24.6 Å². The molecule has 0 aliphatic carbocycles. The molecule has 0 aromatic heterocycles. The first-order valence-corrected chi connectivity index (χ1v) is 10.9. The number of carbonyl (C=O) groups is 3. The fraction of sp³-hybridized carbons (Fsp3) is 0.400. The molecule has 2 saturated heterocycles. The van der Waals surface area contributed by atoms with Crippen molar-refractivity contribution in [2.24, 2.45) is 11.8 Å². The summed E-state index contributed by atoms with van der Waals surface area (Å²) >= 11 is 0. The highest BCUT2D eigenvalue weighted by Gasteiger charge is 2.71. The summed E-state index contributed by atoms with van der Waals surface area (Å²) < 4.78 is 0. The molecule has 5 rings (SSSR count). The zero-order chi connectivity index (χ0) is 23.0. The van der Waals surface area contributed by atoms with Crippen molar-refractivity contribution in [3.8, 4) is 5.75 Å². The highest BCUT2D eigenvalue weighted by Crippen LogP contribution is 2.54. The minimum atomic E-state index is -1.29. The smallest absolute Gasteiger partial charge is 0.250 e. The Labute approximate surface area is 186 Å². The number of imide groups is 1. The van der Waals surface area contributed by atoms with Crippen molar-refractivity contribution in [3.05, 3.63) is 59.2 Å². The van der Waals surface area contributed by atoms with Crippen molar-refractivity contribution in [3.63, 3.8) is 0 Å². The molecule has 4 unspecified atom stereocenters. The van der Waals surface area contributed by atoms with Crippen LogP contribution in [0.2, 0.25) is 0 Å². The second-order valence-corrected chi connectivity index (χ2v) is 10.1. The fourth-order valence-corrected chi connectivity index (χ4v) is 5.64. The molecule has 3 N–H and O–H groups in total. The van der Waals surface area contributed by atoms with Gasteiger partial charge in [0.05, 0.1) is 11.8 Å². The van der Waals surface area contributed by atoms with Crippen molar-refractivity contribution < 1.29 is 19.5 Å². The quantitative estimate of drug-likeness (QED) is 0.632. The van der Waals surface area contributed by atoms with E-state index in [1.807, 2.05) is 45.9 Å². The van der Waals surface area contributed by atoms with Crippen molar-refractivity contribution >= 4 is 23.4 Å². The van der Waals surface area contributed by atoms with Crippen LogP contribution in [0.3, 0.4) is 0 Å². The molecule has 1 spiro atoms. The van der Waals surface area contributed by atoms with E-state index in [0.717, 1.165) is 16.7 Å². The Morgan fingerprint density at radius 3 is 2.38 bits per heavy atom. The summed E-state index contributed by atoms with van der Waals surface area (Å²) in [5, 5.41) is 16.0. The molecular formula is C25H27N3O4. The van der Waals surface area contributed by atoms with Gasteiger partial charge in [-0.2, -0.15) is 0 Å². The molecule has 0 saturated carbocycles. The maximum absolute atomic E-state index is 13.7. The predicted molar refractivity (Wildman–Crippen MR) is 119 cm³/mol. The van der Waals surface area contributed by atoms with Gasteiger partial charge in [0.2, 0.25) is 17.7 Å².